The summed E-state index contributed by atoms with van der Waals surface area (Å²) in [5.74, 6) is 1.51. The Hall–Kier alpha value is -1.36. The van der Waals surface area contributed by atoms with Crippen LogP contribution in [0, 0.1) is 0 Å². The van der Waals surface area contributed by atoms with E-state index in [9.17, 15) is 0 Å². The highest BCUT2D eigenvalue weighted by molar-refractivity contribution is 5.50. The van der Waals surface area contributed by atoms with Crippen molar-refractivity contribution in [3.8, 4) is 0 Å². The van der Waals surface area contributed by atoms with Crippen molar-refractivity contribution in [3.05, 3.63) is 11.3 Å². The molecule has 2 aliphatic rings. The van der Waals surface area contributed by atoms with E-state index in [0.29, 0.717) is 5.82 Å². The number of fused-ring (bicyclic) bond motifs is 1. The Morgan fingerprint density at radius 1 is 1.12 bits per heavy atom. The number of anilines is 2. The number of nitrogen functional groups attached to an aromatic ring is 1. The highest BCUT2D eigenvalue weighted by Gasteiger charge is 2.20. The predicted octanol–water partition coefficient (Wildman–Crippen LogP) is -0.0429. The van der Waals surface area contributed by atoms with E-state index in [1.165, 1.54) is 17.7 Å². The molecule has 1 aliphatic carbocycles. The minimum atomic E-state index is 0.691. The van der Waals surface area contributed by atoms with Crippen LogP contribution in [0.3, 0.4) is 0 Å². The summed E-state index contributed by atoms with van der Waals surface area (Å²) in [6.07, 6.45) is 3.27. The lowest BCUT2D eigenvalue weighted by Gasteiger charge is -2.27. The van der Waals surface area contributed by atoms with Gasteiger partial charge in [-0.3, -0.25) is 0 Å². The van der Waals surface area contributed by atoms with Gasteiger partial charge in [0.15, 0.2) is 0 Å². The summed E-state index contributed by atoms with van der Waals surface area (Å²) in [4.78, 5) is 11.3. The van der Waals surface area contributed by atoms with Crippen molar-refractivity contribution in [2.24, 2.45) is 0 Å². The monoisotopic (exact) mass is 219 g/mol. The topological polar surface area (TPSA) is 67.1 Å². The number of nitrogens with one attached hydrogen (secondary N) is 1. The zero-order valence-corrected chi connectivity index (χ0v) is 9.37. The normalized spacial score (nSPS) is 19.9. The summed E-state index contributed by atoms with van der Waals surface area (Å²) in [6.45, 7) is 3.94. The van der Waals surface area contributed by atoms with E-state index >= 15 is 0 Å². The van der Waals surface area contributed by atoms with E-state index in [2.05, 4.69) is 20.2 Å². The molecule has 1 aromatic rings. The summed E-state index contributed by atoms with van der Waals surface area (Å²) >= 11 is 0. The summed E-state index contributed by atoms with van der Waals surface area (Å²) in [5.41, 5.74) is 8.33. The Morgan fingerprint density at radius 3 is 2.75 bits per heavy atom. The van der Waals surface area contributed by atoms with Gasteiger partial charge in [0.25, 0.3) is 0 Å². The smallest absolute Gasteiger partial charge is 0.227 e. The molecule has 0 amide bonds. The molecule has 16 heavy (non-hydrogen) atoms. The lowest BCUT2D eigenvalue weighted by Crippen LogP contribution is -2.44. The first-order valence-electron chi connectivity index (χ1n) is 5.95. The van der Waals surface area contributed by atoms with Gasteiger partial charge in [0.2, 0.25) is 5.95 Å². The van der Waals surface area contributed by atoms with Gasteiger partial charge < -0.3 is 16.0 Å². The molecule has 0 unspecified atom stereocenters. The van der Waals surface area contributed by atoms with Crippen molar-refractivity contribution >= 4 is 11.8 Å². The molecule has 0 atom stereocenters. The van der Waals surface area contributed by atoms with Gasteiger partial charge >= 0.3 is 0 Å². The van der Waals surface area contributed by atoms with Gasteiger partial charge in [-0.15, -0.1) is 0 Å². The maximum atomic E-state index is 5.99. The molecule has 2 heterocycles. The first-order chi connectivity index (χ1) is 7.84. The second-order valence-corrected chi connectivity index (χ2v) is 4.42. The first kappa shape index (κ1) is 9.84. The largest absolute Gasteiger partial charge is 0.383 e. The van der Waals surface area contributed by atoms with E-state index in [4.69, 9.17) is 5.73 Å². The zero-order chi connectivity index (χ0) is 11.0. The number of nitrogens with zero attached hydrogens (tertiary/aromatic N) is 3. The van der Waals surface area contributed by atoms with Crippen LogP contribution < -0.4 is 16.0 Å². The molecule has 1 fully saturated rings. The number of aromatic nitrogens is 2. The second-order valence-electron chi connectivity index (χ2n) is 4.42. The highest BCUT2D eigenvalue weighted by atomic mass is 15.3. The molecule has 0 radical (unpaired) electrons. The molecule has 1 aromatic heterocycles. The van der Waals surface area contributed by atoms with Crippen LogP contribution in [0.2, 0.25) is 0 Å². The molecule has 5 nitrogen and oxygen atoms in total. The molecule has 86 valence electrons. The van der Waals surface area contributed by atoms with Crippen LogP contribution >= 0.6 is 0 Å². The van der Waals surface area contributed by atoms with Crippen LogP contribution in [0.4, 0.5) is 11.8 Å². The Kier molecular flexibility index (Phi) is 2.40. The summed E-state index contributed by atoms with van der Waals surface area (Å²) in [6, 6.07) is 0. The van der Waals surface area contributed by atoms with Crippen LogP contribution in [-0.4, -0.2) is 36.1 Å². The quantitative estimate of drug-likeness (QED) is 0.693. The molecule has 0 bridgehead atoms. The summed E-state index contributed by atoms with van der Waals surface area (Å²) < 4.78 is 0. The number of piperazine rings is 1. The molecular formula is C11H17N5. The first-order valence-corrected chi connectivity index (χ1v) is 5.95. The summed E-state index contributed by atoms with van der Waals surface area (Å²) in [7, 11) is 0. The number of rotatable bonds is 1. The van der Waals surface area contributed by atoms with E-state index in [-0.39, 0.29) is 0 Å². The van der Waals surface area contributed by atoms with Crippen molar-refractivity contribution in [1.82, 2.24) is 15.3 Å². The van der Waals surface area contributed by atoms with Gasteiger partial charge in [-0.1, -0.05) is 0 Å². The third kappa shape index (κ3) is 1.61. The number of hydrogen-bond donors (Lipinski definition) is 2. The molecule has 3 rings (SSSR count). The molecule has 0 saturated carbocycles. The van der Waals surface area contributed by atoms with Gasteiger partial charge in [0.05, 0.1) is 5.69 Å². The van der Waals surface area contributed by atoms with Crippen molar-refractivity contribution < 1.29 is 0 Å². The van der Waals surface area contributed by atoms with Gasteiger partial charge in [-0.05, 0) is 19.3 Å². The van der Waals surface area contributed by atoms with Crippen LogP contribution in [0.1, 0.15) is 17.7 Å². The zero-order valence-electron chi connectivity index (χ0n) is 9.37. The van der Waals surface area contributed by atoms with E-state index < -0.39 is 0 Å². The Labute approximate surface area is 95.1 Å². The second kappa shape index (κ2) is 3.90. The molecule has 1 aliphatic heterocycles. The van der Waals surface area contributed by atoms with E-state index in [1.54, 1.807) is 0 Å². The molecule has 3 N–H and O–H groups in total. The maximum absolute atomic E-state index is 5.99. The summed E-state index contributed by atoms with van der Waals surface area (Å²) in [5, 5.41) is 3.32. The molecule has 1 saturated heterocycles. The fraction of sp³-hybridized carbons (Fsp3) is 0.636. The van der Waals surface area contributed by atoms with Crippen LogP contribution in [0.5, 0.6) is 0 Å². The Bertz CT molecular complexity index is 398. The lowest BCUT2D eigenvalue weighted by atomic mass is 10.2. The third-order valence-electron chi connectivity index (χ3n) is 3.35. The average molecular weight is 219 g/mol. The number of aryl methyl sites for hydroxylation is 1. The minimum Gasteiger partial charge on any atom is -0.383 e. The fourth-order valence-electron chi connectivity index (χ4n) is 2.45. The highest BCUT2D eigenvalue weighted by Crippen LogP contribution is 2.26. The van der Waals surface area contributed by atoms with Crippen LogP contribution in [0.15, 0.2) is 0 Å². The van der Waals surface area contributed by atoms with Crippen molar-refractivity contribution in [3.63, 3.8) is 0 Å². The minimum absolute atomic E-state index is 0.691. The van der Waals surface area contributed by atoms with Gasteiger partial charge in [0, 0.05) is 31.7 Å². The Morgan fingerprint density at radius 2 is 1.94 bits per heavy atom. The van der Waals surface area contributed by atoms with E-state index in [0.717, 1.165) is 45.0 Å². The standard InChI is InChI=1S/C11H17N5/c12-10-8-2-1-3-9(8)14-11(15-10)16-6-4-13-5-7-16/h13H,1-7H2,(H2,12,14,15). The van der Waals surface area contributed by atoms with Gasteiger partial charge in [0.1, 0.15) is 5.82 Å². The van der Waals surface area contributed by atoms with Crippen molar-refractivity contribution in [2.45, 2.75) is 19.3 Å². The van der Waals surface area contributed by atoms with Gasteiger partial charge in [-0.25, -0.2) is 4.98 Å². The van der Waals surface area contributed by atoms with E-state index in [1.807, 2.05) is 0 Å². The third-order valence-corrected chi connectivity index (χ3v) is 3.35. The Balaban J connectivity index is 1.92. The predicted molar refractivity (Wildman–Crippen MR) is 63.6 cm³/mol. The number of hydrogen-bond acceptors (Lipinski definition) is 5. The van der Waals surface area contributed by atoms with Crippen molar-refractivity contribution in [2.75, 3.05) is 36.8 Å². The van der Waals surface area contributed by atoms with Crippen molar-refractivity contribution in [1.29, 1.82) is 0 Å². The molecular weight excluding hydrogens is 202 g/mol. The molecule has 5 heteroatoms. The lowest BCUT2D eigenvalue weighted by molar-refractivity contribution is 0.579. The average Bonchev–Trinajstić information content (AvgIpc) is 2.79. The van der Waals surface area contributed by atoms with Crippen LogP contribution in [-0.2, 0) is 12.8 Å². The van der Waals surface area contributed by atoms with Crippen LogP contribution in [0.25, 0.3) is 0 Å². The molecule has 0 spiro atoms. The molecule has 0 aromatic carbocycles. The van der Waals surface area contributed by atoms with Gasteiger partial charge in [-0.2, -0.15) is 4.98 Å². The fourth-order valence-corrected chi connectivity index (χ4v) is 2.45. The number of nitrogens with two attached hydrogens (primary N) is 1. The SMILES string of the molecule is Nc1nc(N2CCNCC2)nc2c1CCC2. The maximum Gasteiger partial charge on any atom is 0.227 e.